The monoisotopic (exact) mass is 324 g/mol. The molecule has 0 spiro atoms. The summed E-state index contributed by atoms with van der Waals surface area (Å²) in [4.78, 5) is 12.0. The number of carbonyl (C=O) groups excluding carboxylic acids is 1. The van der Waals surface area contributed by atoms with Crippen molar-refractivity contribution >= 4 is 22.5 Å². The molecule has 0 saturated heterocycles. The Labute approximate surface area is 138 Å². The second-order valence-corrected chi connectivity index (χ2v) is 5.79. The third-order valence-corrected chi connectivity index (χ3v) is 4.06. The molecule has 2 amide bonds. The zero-order chi connectivity index (χ0) is 15.9. The Morgan fingerprint density at radius 3 is 2.13 bits per heavy atom. The van der Waals surface area contributed by atoms with Crippen LogP contribution in [0.3, 0.4) is 0 Å². The predicted molar refractivity (Wildman–Crippen MR) is 91.7 cm³/mol. The number of anilines is 1. The van der Waals surface area contributed by atoms with Gasteiger partial charge in [-0.05, 0) is 11.1 Å². The lowest BCUT2D eigenvalue weighted by atomic mass is 9.91. The summed E-state index contributed by atoms with van der Waals surface area (Å²) in [5.41, 5.74) is 3.90. The summed E-state index contributed by atoms with van der Waals surface area (Å²) in [6.07, 6.45) is 0. The fourth-order valence-electron chi connectivity index (χ4n) is 2.36. The van der Waals surface area contributed by atoms with Gasteiger partial charge in [-0.2, -0.15) is 0 Å². The Morgan fingerprint density at radius 1 is 1.00 bits per heavy atom. The Bertz CT molecular complexity index is 692. The minimum absolute atomic E-state index is 0.0950. The number of hydrogen-bond acceptors (Lipinski definition) is 4. The van der Waals surface area contributed by atoms with Crippen LogP contribution < -0.4 is 10.6 Å². The number of nitrogens with one attached hydrogen (secondary N) is 2. The lowest BCUT2D eigenvalue weighted by Crippen LogP contribution is -2.32. The Hall–Kier alpha value is -2.73. The molecule has 3 rings (SSSR count). The first-order valence-electron chi connectivity index (χ1n) is 7.24. The third kappa shape index (κ3) is 4.14. The van der Waals surface area contributed by atoms with Crippen molar-refractivity contribution in [2.75, 3.05) is 11.9 Å². The molecule has 3 aromatic rings. The number of benzene rings is 2. The van der Waals surface area contributed by atoms with E-state index in [0.717, 1.165) is 11.1 Å². The van der Waals surface area contributed by atoms with Gasteiger partial charge >= 0.3 is 6.03 Å². The average molecular weight is 324 g/mol. The van der Waals surface area contributed by atoms with Gasteiger partial charge in [0.15, 0.2) is 0 Å². The minimum Gasteiger partial charge on any atom is -0.337 e. The van der Waals surface area contributed by atoms with Gasteiger partial charge in [0, 0.05) is 12.5 Å². The topological polar surface area (TPSA) is 66.9 Å². The van der Waals surface area contributed by atoms with E-state index >= 15 is 0 Å². The number of urea groups is 1. The largest absolute Gasteiger partial charge is 0.337 e. The van der Waals surface area contributed by atoms with Crippen molar-refractivity contribution in [1.82, 2.24) is 15.5 Å². The summed E-state index contributed by atoms with van der Waals surface area (Å²) in [5.74, 6) is 0.0950. The first kappa shape index (κ1) is 15.2. The van der Waals surface area contributed by atoms with Gasteiger partial charge in [-0.3, -0.25) is 5.32 Å². The van der Waals surface area contributed by atoms with Gasteiger partial charge in [0.25, 0.3) is 0 Å². The van der Waals surface area contributed by atoms with Crippen molar-refractivity contribution < 1.29 is 4.79 Å². The highest BCUT2D eigenvalue weighted by Gasteiger charge is 2.15. The van der Waals surface area contributed by atoms with E-state index in [9.17, 15) is 4.79 Å². The van der Waals surface area contributed by atoms with E-state index in [-0.39, 0.29) is 11.9 Å². The Balaban J connectivity index is 1.71. The van der Waals surface area contributed by atoms with Crippen LogP contribution in [0.5, 0.6) is 0 Å². The fourth-order valence-corrected chi connectivity index (χ4v) is 2.80. The van der Waals surface area contributed by atoms with Crippen molar-refractivity contribution in [3.63, 3.8) is 0 Å². The molecule has 23 heavy (non-hydrogen) atoms. The van der Waals surface area contributed by atoms with Gasteiger partial charge in [-0.25, -0.2) is 4.79 Å². The van der Waals surface area contributed by atoms with E-state index in [0.29, 0.717) is 11.7 Å². The summed E-state index contributed by atoms with van der Waals surface area (Å²) < 4.78 is 0. The molecule has 0 bridgehead atoms. The van der Waals surface area contributed by atoms with Crippen LogP contribution in [0.4, 0.5) is 9.93 Å². The van der Waals surface area contributed by atoms with E-state index < -0.39 is 0 Å². The zero-order valence-electron chi connectivity index (χ0n) is 12.3. The Morgan fingerprint density at radius 2 is 1.61 bits per heavy atom. The zero-order valence-corrected chi connectivity index (χ0v) is 13.2. The van der Waals surface area contributed by atoms with Crippen LogP contribution in [0.1, 0.15) is 17.0 Å². The number of carbonyl (C=O) groups is 1. The first-order chi connectivity index (χ1) is 11.3. The van der Waals surface area contributed by atoms with Crippen molar-refractivity contribution in [2.45, 2.75) is 5.92 Å². The molecule has 0 aliphatic heterocycles. The molecule has 0 atom stereocenters. The molecule has 1 aromatic heterocycles. The van der Waals surface area contributed by atoms with Gasteiger partial charge in [0.2, 0.25) is 5.13 Å². The number of aromatic nitrogens is 2. The van der Waals surface area contributed by atoms with Gasteiger partial charge in [-0.15, -0.1) is 10.2 Å². The number of rotatable bonds is 5. The molecular formula is C17H16N4OS. The number of nitrogens with zero attached hydrogens (tertiary/aromatic N) is 2. The highest BCUT2D eigenvalue weighted by molar-refractivity contribution is 7.13. The average Bonchev–Trinajstić information content (AvgIpc) is 3.10. The van der Waals surface area contributed by atoms with Crippen LogP contribution in [-0.2, 0) is 0 Å². The second kappa shape index (κ2) is 7.51. The van der Waals surface area contributed by atoms with Crippen molar-refractivity contribution in [3.8, 4) is 0 Å². The first-order valence-corrected chi connectivity index (χ1v) is 8.12. The molecule has 0 aliphatic rings. The number of amides is 2. The maximum Gasteiger partial charge on any atom is 0.321 e. The number of hydrogen-bond donors (Lipinski definition) is 2. The van der Waals surface area contributed by atoms with Crippen molar-refractivity contribution in [2.24, 2.45) is 0 Å². The van der Waals surface area contributed by atoms with E-state index in [1.54, 1.807) is 5.51 Å². The van der Waals surface area contributed by atoms with Crippen LogP contribution in [0.15, 0.2) is 66.2 Å². The van der Waals surface area contributed by atoms with E-state index in [4.69, 9.17) is 0 Å². The summed E-state index contributed by atoms with van der Waals surface area (Å²) in [7, 11) is 0. The SMILES string of the molecule is O=C(NCC(c1ccccc1)c1ccccc1)Nc1nncs1. The smallest absolute Gasteiger partial charge is 0.321 e. The molecule has 0 saturated carbocycles. The van der Waals surface area contributed by atoms with E-state index in [2.05, 4.69) is 45.1 Å². The maximum atomic E-state index is 12.0. The standard InChI is InChI=1S/C17H16N4OS/c22-16(20-17-21-19-12-23-17)18-11-15(13-7-3-1-4-8-13)14-9-5-2-6-10-14/h1-10,12,15H,11H2,(H2,18,20,21,22). The third-order valence-electron chi connectivity index (χ3n) is 3.45. The van der Waals surface area contributed by atoms with Gasteiger partial charge < -0.3 is 5.32 Å². The molecule has 6 heteroatoms. The summed E-state index contributed by atoms with van der Waals surface area (Å²) in [6.45, 7) is 0.499. The highest BCUT2D eigenvalue weighted by Crippen LogP contribution is 2.23. The van der Waals surface area contributed by atoms with Crippen molar-refractivity contribution in [3.05, 3.63) is 77.3 Å². The molecule has 2 aromatic carbocycles. The van der Waals surface area contributed by atoms with Gasteiger partial charge in [0.1, 0.15) is 5.51 Å². The predicted octanol–water partition coefficient (Wildman–Crippen LogP) is 3.49. The van der Waals surface area contributed by atoms with Gasteiger partial charge in [-0.1, -0.05) is 72.0 Å². The van der Waals surface area contributed by atoms with Crippen LogP contribution >= 0.6 is 11.3 Å². The molecule has 0 fully saturated rings. The molecule has 1 heterocycles. The molecular weight excluding hydrogens is 308 g/mol. The molecule has 116 valence electrons. The van der Waals surface area contributed by atoms with Crippen molar-refractivity contribution in [1.29, 1.82) is 0 Å². The van der Waals surface area contributed by atoms with Crippen LogP contribution in [0.2, 0.25) is 0 Å². The van der Waals surface area contributed by atoms with Crippen LogP contribution in [0.25, 0.3) is 0 Å². The van der Waals surface area contributed by atoms with Crippen LogP contribution in [-0.4, -0.2) is 22.8 Å². The van der Waals surface area contributed by atoms with E-state index in [1.807, 2.05) is 36.4 Å². The molecule has 2 N–H and O–H groups in total. The maximum absolute atomic E-state index is 12.0. The fraction of sp³-hybridized carbons (Fsp3) is 0.118. The lowest BCUT2D eigenvalue weighted by molar-refractivity contribution is 0.252. The molecule has 0 radical (unpaired) electrons. The summed E-state index contributed by atoms with van der Waals surface area (Å²) >= 11 is 1.28. The minimum atomic E-state index is -0.279. The summed E-state index contributed by atoms with van der Waals surface area (Å²) in [6, 6.07) is 20.0. The Kier molecular flexibility index (Phi) is 4.95. The highest BCUT2D eigenvalue weighted by atomic mass is 32.1. The second-order valence-electron chi connectivity index (χ2n) is 4.95. The van der Waals surface area contributed by atoms with E-state index in [1.165, 1.54) is 11.3 Å². The van der Waals surface area contributed by atoms with Gasteiger partial charge in [0.05, 0.1) is 0 Å². The lowest BCUT2D eigenvalue weighted by Gasteiger charge is -2.18. The summed E-state index contributed by atoms with van der Waals surface area (Å²) in [5, 5.41) is 13.6. The molecule has 0 aliphatic carbocycles. The quantitative estimate of drug-likeness (QED) is 0.755. The van der Waals surface area contributed by atoms with Crippen LogP contribution in [0, 0.1) is 0 Å². The molecule has 5 nitrogen and oxygen atoms in total. The normalized spacial score (nSPS) is 10.5. The molecule has 0 unspecified atom stereocenters.